The van der Waals surface area contributed by atoms with Gasteiger partial charge in [0.2, 0.25) is 5.82 Å². The van der Waals surface area contributed by atoms with Crippen molar-refractivity contribution in [2.75, 3.05) is 19.1 Å². The zero-order valence-electron chi connectivity index (χ0n) is 13.9. The molecule has 6 nitrogen and oxygen atoms in total. The number of amides is 1. The Balaban J connectivity index is 2.22. The lowest BCUT2D eigenvalue weighted by Crippen LogP contribution is -2.28. The van der Waals surface area contributed by atoms with Crippen LogP contribution < -0.4 is 4.90 Å². The van der Waals surface area contributed by atoms with Crippen molar-refractivity contribution in [3.05, 3.63) is 64.2 Å². The Kier molecular flexibility index (Phi) is 5.06. The van der Waals surface area contributed by atoms with E-state index in [1.165, 1.54) is 30.5 Å². The first-order valence-corrected chi connectivity index (χ1v) is 8.24. The Hall–Kier alpha value is -2.70. The number of ether oxygens (including phenoxy) is 1. The normalized spacial score (nSPS) is 10.6. The molecule has 0 N–H and O–H groups in total. The van der Waals surface area contributed by atoms with Gasteiger partial charge < -0.3 is 9.64 Å². The summed E-state index contributed by atoms with van der Waals surface area (Å²) in [5, 5.41) is 1.95. The number of anilines is 1. The molecule has 0 unspecified atom stereocenters. The molecule has 26 heavy (non-hydrogen) atoms. The van der Waals surface area contributed by atoms with Gasteiger partial charge in [0.15, 0.2) is 0 Å². The molecule has 1 heterocycles. The quantitative estimate of drug-likeness (QED) is 0.632. The predicted octanol–water partition coefficient (Wildman–Crippen LogP) is 4.00. The van der Waals surface area contributed by atoms with Crippen LogP contribution >= 0.6 is 23.2 Å². The van der Waals surface area contributed by atoms with Gasteiger partial charge in [0.1, 0.15) is 0 Å². The number of carbonyl (C=O) groups excluding carboxylic acids is 2. The van der Waals surface area contributed by atoms with Gasteiger partial charge in [-0.1, -0.05) is 23.2 Å². The SMILES string of the molecule is COC(=O)c1cc(N(C)C(=O)c2ncccn2)c2c(Cl)cc(Cl)cc2c1. The van der Waals surface area contributed by atoms with Crippen molar-refractivity contribution in [2.24, 2.45) is 0 Å². The van der Waals surface area contributed by atoms with Crippen LogP contribution in [0.5, 0.6) is 0 Å². The van der Waals surface area contributed by atoms with Gasteiger partial charge in [-0.05, 0) is 35.7 Å². The molecule has 8 heteroatoms. The smallest absolute Gasteiger partial charge is 0.337 e. The number of nitrogens with zero attached hydrogens (tertiary/aromatic N) is 3. The second kappa shape index (κ2) is 7.27. The number of esters is 1. The molecule has 0 atom stereocenters. The summed E-state index contributed by atoms with van der Waals surface area (Å²) in [5.41, 5.74) is 0.684. The first-order valence-electron chi connectivity index (χ1n) is 7.48. The maximum Gasteiger partial charge on any atom is 0.337 e. The van der Waals surface area contributed by atoms with Crippen LogP contribution in [0.3, 0.4) is 0 Å². The molecule has 3 aromatic rings. The Labute approximate surface area is 159 Å². The van der Waals surface area contributed by atoms with Crippen LogP contribution in [0.25, 0.3) is 10.8 Å². The molecular formula is C18H13Cl2N3O3. The second-order valence-corrected chi connectivity index (χ2v) is 6.25. The van der Waals surface area contributed by atoms with Crippen LogP contribution in [0.1, 0.15) is 21.0 Å². The van der Waals surface area contributed by atoms with Gasteiger partial charge in [0, 0.05) is 29.9 Å². The number of aromatic nitrogens is 2. The van der Waals surface area contributed by atoms with E-state index in [1.54, 1.807) is 31.3 Å². The first-order chi connectivity index (χ1) is 12.4. The van der Waals surface area contributed by atoms with Crippen LogP contribution in [0.2, 0.25) is 10.0 Å². The summed E-state index contributed by atoms with van der Waals surface area (Å²) in [7, 11) is 2.84. The molecule has 0 fully saturated rings. The number of hydrogen-bond donors (Lipinski definition) is 0. The molecule has 1 amide bonds. The number of fused-ring (bicyclic) bond motifs is 1. The zero-order chi connectivity index (χ0) is 18.8. The van der Waals surface area contributed by atoms with Crippen molar-refractivity contribution >= 4 is 51.5 Å². The molecule has 0 aliphatic heterocycles. The summed E-state index contributed by atoms with van der Waals surface area (Å²) in [5.74, 6) is -0.960. The Morgan fingerprint density at radius 2 is 1.77 bits per heavy atom. The Bertz CT molecular complexity index is 1010. The summed E-state index contributed by atoms with van der Waals surface area (Å²) in [6.07, 6.45) is 2.95. The van der Waals surface area contributed by atoms with E-state index in [9.17, 15) is 9.59 Å². The summed E-state index contributed by atoms with van der Waals surface area (Å²) in [6, 6.07) is 8.00. The fraction of sp³-hybridized carbons (Fsp3) is 0.111. The third-order valence-corrected chi connectivity index (χ3v) is 4.31. The van der Waals surface area contributed by atoms with Crippen molar-refractivity contribution in [3.8, 4) is 0 Å². The molecule has 0 aliphatic rings. The number of benzene rings is 2. The molecule has 3 rings (SSSR count). The molecule has 0 radical (unpaired) electrons. The number of methoxy groups -OCH3 is 1. The highest BCUT2D eigenvalue weighted by molar-refractivity contribution is 6.40. The summed E-state index contributed by atoms with van der Waals surface area (Å²) in [4.78, 5) is 34.0. The minimum atomic E-state index is -0.541. The average Bonchev–Trinajstić information content (AvgIpc) is 2.65. The van der Waals surface area contributed by atoms with Gasteiger partial charge in [0.25, 0.3) is 5.91 Å². The van der Waals surface area contributed by atoms with E-state index in [0.717, 1.165) is 0 Å². The van der Waals surface area contributed by atoms with E-state index in [0.29, 0.717) is 26.5 Å². The van der Waals surface area contributed by atoms with E-state index in [-0.39, 0.29) is 11.4 Å². The highest BCUT2D eigenvalue weighted by Gasteiger charge is 2.22. The number of carbonyl (C=O) groups is 2. The Morgan fingerprint density at radius 3 is 2.42 bits per heavy atom. The van der Waals surface area contributed by atoms with Gasteiger partial charge in [-0.15, -0.1) is 0 Å². The molecule has 1 aromatic heterocycles. The number of hydrogen-bond acceptors (Lipinski definition) is 5. The molecular weight excluding hydrogens is 377 g/mol. The first kappa shape index (κ1) is 18.1. The largest absolute Gasteiger partial charge is 0.465 e. The molecule has 0 bridgehead atoms. The summed E-state index contributed by atoms with van der Waals surface area (Å²) in [6.45, 7) is 0. The van der Waals surface area contributed by atoms with Crippen molar-refractivity contribution in [1.29, 1.82) is 0 Å². The predicted molar refractivity (Wildman–Crippen MR) is 100 cm³/mol. The lowest BCUT2D eigenvalue weighted by Gasteiger charge is -2.20. The van der Waals surface area contributed by atoms with Gasteiger partial charge in [-0.25, -0.2) is 14.8 Å². The standard InChI is InChI=1S/C18H13Cl2N3O3/c1-23(17(24)16-21-4-3-5-22-16)14-8-11(18(25)26-2)6-10-7-12(19)9-13(20)15(10)14/h3-9H,1-2H3. The fourth-order valence-corrected chi connectivity index (χ4v) is 3.18. The van der Waals surface area contributed by atoms with Crippen LogP contribution in [0, 0.1) is 0 Å². The van der Waals surface area contributed by atoms with Crippen LogP contribution in [-0.2, 0) is 4.74 Å². The van der Waals surface area contributed by atoms with E-state index in [4.69, 9.17) is 27.9 Å². The number of halogens is 2. The highest BCUT2D eigenvalue weighted by Crippen LogP contribution is 2.36. The van der Waals surface area contributed by atoms with E-state index in [2.05, 4.69) is 9.97 Å². The van der Waals surface area contributed by atoms with Gasteiger partial charge in [0.05, 0.1) is 23.4 Å². The molecule has 132 valence electrons. The number of rotatable bonds is 3. The molecule has 0 saturated carbocycles. The average molecular weight is 390 g/mol. The van der Waals surface area contributed by atoms with Gasteiger partial charge in [-0.2, -0.15) is 0 Å². The van der Waals surface area contributed by atoms with E-state index >= 15 is 0 Å². The maximum atomic E-state index is 12.7. The van der Waals surface area contributed by atoms with E-state index in [1.807, 2.05) is 0 Å². The molecule has 2 aromatic carbocycles. The molecule has 0 spiro atoms. The van der Waals surface area contributed by atoms with E-state index < -0.39 is 11.9 Å². The fourth-order valence-electron chi connectivity index (χ4n) is 2.58. The van der Waals surface area contributed by atoms with Crippen molar-refractivity contribution in [3.63, 3.8) is 0 Å². The minimum absolute atomic E-state index is 0.0247. The van der Waals surface area contributed by atoms with Crippen molar-refractivity contribution < 1.29 is 14.3 Å². The third kappa shape index (κ3) is 3.34. The van der Waals surface area contributed by atoms with Crippen LogP contribution in [0.4, 0.5) is 5.69 Å². The monoisotopic (exact) mass is 389 g/mol. The lowest BCUT2D eigenvalue weighted by atomic mass is 10.0. The van der Waals surface area contributed by atoms with Crippen molar-refractivity contribution in [2.45, 2.75) is 0 Å². The summed E-state index contributed by atoms with van der Waals surface area (Å²) >= 11 is 12.4. The second-order valence-electron chi connectivity index (χ2n) is 5.41. The topological polar surface area (TPSA) is 72.4 Å². The third-order valence-electron chi connectivity index (χ3n) is 3.79. The zero-order valence-corrected chi connectivity index (χ0v) is 15.4. The lowest BCUT2D eigenvalue weighted by molar-refractivity contribution is 0.0600. The molecule has 0 saturated heterocycles. The molecule has 0 aliphatic carbocycles. The summed E-state index contributed by atoms with van der Waals surface area (Å²) < 4.78 is 4.79. The minimum Gasteiger partial charge on any atom is -0.465 e. The highest BCUT2D eigenvalue weighted by atomic mass is 35.5. The van der Waals surface area contributed by atoms with Crippen molar-refractivity contribution in [1.82, 2.24) is 9.97 Å². The maximum absolute atomic E-state index is 12.7. The van der Waals surface area contributed by atoms with Crippen LogP contribution in [0.15, 0.2) is 42.7 Å². The van der Waals surface area contributed by atoms with Gasteiger partial charge in [-0.3, -0.25) is 4.79 Å². The Morgan fingerprint density at radius 1 is 1.08 bits per heavy atom. The van der Waals surface area contributed by atoms with Crippen LogP contribution in [-0.4, -0.2) is 36.0 Å². The van der Waals surface area contributed by atoms with Gasteiger partial charge >= 0.3 is 5.97 Å².